The Hall–Kier alpha value is -3.54. The fourth-order valence-electron chi connectivity index (χ4n) is 3.12. The van der Waals surface area contributed by atoms with E-state index in [2.05, 4.69) is 15.1 Å². The highest BCUT2D eigenvalue weighted by atomic mass is 19.1. The Morgan fingerprint density at radius 3 is 2.59 bits per heavy atom. The number of methoxy groups -OCH3 is 1. The molecular formula is C23H20FN3O2. The van der Waals surface area contributed by atoms with Gasteiger partial charge in [0, 0.05) is 29.8 Å². The molecule has 0 aliphatic carbocycles. The molecule has 146 valence electrons. The van der Waals surface area contributed by atoms with E-state index < -0.39 is 0 Å². The first-order chi connectivity index (χ1) is 14.2. The number of aromatic nitrogens is 3. The third-order valence-electron chi connectivity index (χ3n) is 4.67. The number of pyridine rings is 1. The van der Waals surface area contributed by atoms with Gasteiger partial charge in [0.1, 0.15) is 5.82 Å². The van der Waals surface area contributed by atoms with E-state index in [9.17, 15) is 4.39 Å². The number of hydrogen-bond acceptors (Lipinski definition) is 5. The van der Waals surface area contributed by atoms with Crippen molar-refractivity contribution in [3.63, 3.8) is 0 Å². The second kappa shape index (κ2) is 8.65. The molecule has 2 aromatic carbocycles. The molecule has 0 aliphatic rings. The molecule has 6 heteroatoms. The van der Waals surface area contributed by atoms with Gasteiger partial charge in [-0.3, -0.25) is 0 Å². The summed E-state index contributed by atoms with van der Waals surface area (Å²) in [6.45, 7) is 0. The van der Waals surface area contributed by atoms with Crippen molar-refractivity contribution in [2.24, 2.45) is 0 Å². The SMILES string of the molecule is COc1cc(-c2noc(CCCc3ccc(-c4ccccc4F)cc3)n2)ccn1. The fourth-order valence-corrected chi connectivity index (χ4v) is 3.12. The molecule has 0 aliphatic heterocycles. The average molecular weight is 389 g/mol. The topological polar surface area (TPSA) is 61.0 Å². The van der Waals surface area contributed by atoms with Crippen LogP contribution in [0.4, 0.5) is 4.39 Å². The van der Waals surface area contributed by atoms with Gasteiger partial charge in [-0.25, -0.2) is 9.37 Å². The summed E-state index contributed by atoms with van der Waals surface area (Å²) in [5.41, 5.74) is 3.48. The lowest BCUT2D eigenvalue weighted by Crippen LogP contribution is -1.92. The Bertz CT molecular complexity index is 1090. The highest BCUT2D eigenvalue weighted by Gasteiger charge is 2.10. The third kappa shape index (κ3) is 4.48. The van der Waals surface area contributed by atoms with Crippen LogP contribution < -0.4 is 4.74 Å². The number of nitrogens with zero attached hydrogens (tertiary/aromatic N) is 3. The summed E-state index contributed by atoms with van der Waals surface area (Å²) in [6.07, 6.45) is 4.08. The van der Waals surface area contributed by atoms with Gasteiger partial charge < -0.3 is 9.26 Å². The zero-order valence-electron chi connectivity index (χ0n) is 16.0. The van der Waals surface area contributed by atoms with Crippen LogP contribution >= 0.6 is 0 Å². The van der Waals surface area contributed by atoms with Gasteiger partial charge in [0.2, 0.25) is 17.6 Å². The van der Waals surface area contributed by atoms with Gasteiger partial charge in [0.15, 0.2) is 0 Å². The first kappa shape index (κ1) is 18.8. The number of benzene rings is 2. The van der Waals surface area contributed by atoms with E-state index in [-0.39, 0.29) is 5.82 Å². The molecule has 2 heterocycles. The fraction of sp³-hybridized carbons (Fsp3) is 0.174. The molecule has 0 amide bonds. The van der Waals surface area contributed by atoms with Crippen molar-refractivity contribution in [3.8, 4) is 28.4 Å². The summed E-state index contributed by atoms with van der Waals surface area (Å²) in [7, 11) is 1.57. The van der Waals surface area contributed by atoms with Crippen LogP contribution in [0.25, 0.3) is 22.5 Å². The largest absolute Gasteiger partial charge is 0.481 e. The van der Waals surface area contributed by atoms with Crippen LogP contribution in [0, 0.1) is 5.82 Å². The summed E-state index contributed by atoms with van der Waals surface area (Å²) < 4.78 is 24.4. The van der Waals surface area contributed by atoms with Crippen LogP contribution in [0.5, 0.6) is 5.88 Å². The molecule has 0 atom stereocenters. The van der Waals surface area contributed by atoms with Gasteiger partial charge in [0.25, 0.3) is 0 Å². The van der Waals surface area contributed by atoms with E-state index in [0.717, 1.165) is 24.0 Å². The zero-order valence-corrected chi connectivity index (χ0v) is 16.0. The van der Waals surface area contributed by atoms with Gasteiger partial charge in [-0.05, 0) is 36.1 Å². The lowest BCUT2D eigenvalue weighted by molar-refractivity contribution is 0.376. The monoisotopic (exact) mass is 389 g/mol. The van der Waals surface area contributed by atoms with Gasteiger partial charge >= 0.3 is 0 Å². The van der Waals surface area contributed by atoms with Crippen molar-refractivity contribution in [3.05, 3.63) is 84.1 Å². The van der Waals surface area contributed by atoms with Crippen LogP contribution in [0.2, 0.25) is 0 Å². The summed E-state index contributed by atoms with van der Waals surface area (Å²) in [5.74, 6) is 1.42. The smallest absolute Gasteiger partial charge is 0.226 e. The molecule has 0 N–H and O–H groups in total. The van der Waals surface area contributed by atoms with Crippen molar-refractivity contribution < 1.29 is 13.7 Å². The van der Waals surface area contributed by atoms with E-state index in [4.69, 9.17) is 9.26 Å². The Morgan fingerprint density at radius 1 is 0.966 bits per heavy atom. The van der Waals surface area contributed by atoms with Crippen LogP contribution in [0.15, 0.2) is 71.4 Å². The molecule has 0 unspecified atom stereocenters. The Morgan fingerprint density at radius 2 is 1.79 bits per heavy atom. The van der Waals surface area contributed by atoms with Gasteiger partial charge in [0.05, 0.1) is 7.11 Å². The van der Waals surface area contributed by atoms with Crippen molar-refractivity contribution in [2.75, 3.05) is 7.11 Å². The first-order valence-corrected chi connectivity index (χ1v) is 9.40. The molecule has 0 fully saturated rings. The van der Waals surface area contributed by atoms with Gasteiger partial charge in [-0.1, -0.05) is 47.6 Å². The minimum absolute atomic E-state index is 0.209. The molecular weight excluding hydrogens is 369 g/mol. The lowest BCUT2D eigenvalue weighted by atomic mass is 10.0. The Balaban J connectivity index is 1.35. The maximum atomic E-state index is 13.9. The quantitative estimate of drug-likeness (QED) is 0.439. The molecule has 4 aromatic rings. The second-order valence-corrected chi connectivity index (χ2v) is 6.63. The number of halogens is 1. The molecule has 0 saturated carbocycles. The summed E-state index contributed by atoms with van der Waals surface area (Å²) in [5, 5.41) is 4.04. The predicted molar refractivity (Wildman–Crippen MR) is 108 cm³/mol. The minimum atomic E-state index is -0.209. The van der Waals surface area contributed by atoms with E-state index in [1.54, 1.807) is 31.5 Å². The summed E-state index contributed by atoms with van der Waals surface area (Å²) >= 11 is 0. The maximum Gasteiger partial charge on any atom is 0.226 e. The molecule has 5 nitrogen and oxygen atoms in total. The average Bonchev–Trinajstić information content (AvgIpc) is 3.24. The van der Waals surface area contributed by atoms with Crippen molar-refractivity contribution in [1.82, 2.24) is 15.1 Å². The lowest BCUT2D eigenvalue weighted by Gasteiger charge is -2.05. The molecule has 4 rings (SSSR count). The summed E-state index contributed by atoms with van der Waals surface area (Å²) in [4.78, 5) is 8.52. The molecule has 29 heavy (non-hydrogen) atoms. The van der Waals surface area contributed by atoms with E-state index in [0.29, 0.717) is 29.6 Å². The molecule has 0 radical (unpaired) electrons. The van der Waals surface area contributed by atoms with E-state index in [1.807, 2.05) is 36.4 Å². The minimum Gasteiger partial charge on any atom is -0.481 e. The third-order valence-corrected chi connectivity index (χ3v) is 4.67. The molecule has 0 saturated heterocycles. The van der Waals surface area contributed by atoms with E-state index >= 15 is 0 Å². The van der Waals surface area contributed by atoms with Crippen molar-refractivity contribution >= 4 is 0 Å². The molecule has 0 spiro atoms. The normalized spacial score (nSPS) is 10.8. The second-order valence-electron chi connectivity index (χ2n) is 6.63. The van der Waals surface area contributed by atoms with Crippen molar-refractivity contribution in [2.45, 2.75) is 19.3 Å². The Kier molecular flexibility index (Phi) is 5.61. The number of ether oxygens (including phenoxy) is 1. The van der Waals surface area contributed by atoms with Crippen LogP contribution in [0.3, 0.4) is 0 Å². The van der Waals surface area contributed by atoms with Crippen molar-refractivity contribution in [1.29, 1.82) is 0 Å². The van der Waals surface area contributed by atoms with Crippen LogP contribution in [-0.4, -0.2) is 22.2 Å². The number of rotatable bonds is 7. The van der Waals surface area contributed by atoms with E-state index in [1.165, 1.54) is 11.6 Å². The van der Waals surface area contributed by atoms with Gasteiger partial charge in [-0.15, -0.1) is 0 Å². The predicted octanol–water partition coefficient (Wildman–Crippen LogP) is 5.12. The highest BCUT2D eigenvalue weighted by molar-refractivity contribution is 5.64. The zero-order chi connectivity index (χ0) is 20.1. The highest BCUT2D eigenvalue weighted by Crippen LogP contribution is 2.23. The first-order valence-electron chi connectivity index (χ1n) is 9.40. The van der Waals surface area contributed by atoms with Crippen LogP contribution in [-0.2, 0) is 12.8 Å². The van der Waals surface area contributed by atoms with Crippen LogP contribution in [0.1, 0.15) is 17.9 Å². The summed E-state index contributed by atoms with van der Waals surface area (Å²) in [6, 6.07) is 18.4. The molecule has 0 bridgehead atoms. The standard InChI is InChI=1S/C23H20FN3O2/c1-28-22-15-18(13-14-25-22)23-26-21(29-27-23)8-4-5-16-9-11-17(12-10-16)19-6-2-3-7-20(19)24/h2-3,6-7,9-15H,4-5,8H2,1H3. The number of hydrogen-bond donors (Lipinski definition) is 0. The Labute approximate surface area is 168 Å². The van der Waals surface area contributed by atoms with Gasteiger partial charge in [-0.2, -0.15) is 4.98 Å². The molecule has 2 aromatic heterocycles. The maximum absolute atomic E-state index is 13.9. The number of aryl methyl sites for hydroxylation is 2.